The standard InChI is InChI=1S/C27H21F6N5O3S/c1-41-21-13-7-6-12-20(21)38-22(14-34-24(40)16-8-2-3-9-17(16)26(28,29)30)36-37-25(38)42-15-23(39)35-19-11-5-4-10-18(19)27(31,32)33/h2-13H,14-15H2,1H3,(H,34,40)(H,35,39). The summed E-state index contributed by atoms with van der Waals surface area (Å²) in [4.78, 5) is 25.3. The second kappa shape index (κ2) is 12.5. The number of thioether (sulfide) groups is 1. The molecule has 2 N–H and O–H groups in total. The molecule has 0 bridgehead atoms. The third kappa shape index (κ3) is 7.02. The van der Waals surface area contributed by atoms with Gasteiger partial charge < -0.3 is 15.4 Å². The van der Waals surface area contributed by atoms with Crippen LogP contribution in [0.5, 0.6) is 5.75 Å². The molecule has 0 aliphatic rings. The van der Waals surface area contributed by atoms with Crippen LogP contribution >= 0.6 is 11.8 Å². The van der Waals surface area contributed by atoms with Crippen LogP contribution in [0.2, 0.25) is 0 Å². The summed E-state index contributed by atoms with van der Waals surface area (Å²) in [5.74, 6) is -1.70. The van der Waals surface area contributed by atoms with E-state index < -0.39 is 46.5 Å². The fourth-order valence-electron chi connectivity index (χ4n) is 3.90. The number of hydrogen-bond acceptors (Lipinski definition) is 6. The Labute approximate surface area is 239 Å². The van der Waals surface area contributed by atoms with Gasteiger partial charge in [-0.3, -0.25) is 14.2 Å². The van der Waals surface area contributed by atoms with E-state index >= 15 is 0 Å². The van der Waals surface area contributed by atoms with Gasteiger partial charge in [-0.25, -0.2) is 0 Å². The lowest BCUT2D eigenvalue weighted by Gasteiger charge is -2.15. The van der Waals surface area contributed by atoms with Gasteiger partial charge in [-0.1, -0.05) is 48.2 Å². The van der Waals surface area contributed by atoms with E-state index in [1.54, 1.807) is 24.3 Å². The number of halogens is 6. The zero-order valence-corrected chi connectivity index (χ0v) is 22.4. The number of nitrogens with zero attached hydrogens (tertiary/aromatic N) is 3. The van der Waals surface area contributed by atoms with E-state index in [4.69, 9.17) is 4.74 Å². The highest BCUT2D eigenvalue weighted by atomic mass is 32.2. The Kier molecular flexibility index (Phi) is 9.09. The van der Waals surface area contributed by atoms with Gasteiger partial charge in [0.1, 0.15) is 5.75 Å². The van der Waals surface area contributed by atoms with E-state index in [9.17, 15) is 35.9 Å². The molecule has 0 saturated carbocycles. The minimum atomic E-state index is -4.75. The average Bonchev–Trinajstić information content (AvgIpc) is 3.36. The Balaban J connectivity index is 1.58. The molecule has 0 aliphatic carbocycles. The number of para-hydroxylation sites is 3. The van der Waals surface area contributed by atoms with Crippen LogP contribution in [0.25, 0.3) is 5.69 Å². The highest BCUT2D eigenvalue weighted by molar-refractivity contribution is 7.99. The summed E-state index contributed by atoms with van der Waals surface area (Å²) in [6.07, 6.45) is -9.43. The Bertz CT molecular complexity index is 1590. The lowest BCUT2D eigenvalue weighted by atomic mass is 10.1. The number of methoxy groups -OCH3 is 1. The predicted molar refractivity (Wildman–Crippen MR) is 141 cm³/mol. The monoisotopic (exact) mass is 609 g/mol. The molecule has 0 saturated heterocycles. The fourth-order valence-corrected chi connectivity index (χ4v) is 4.67. The summed E-state index contributed by atoms with van der Waals surface area (Å²) in [7, 11) is 1.40. The van der Waals surface area contributed by atoms with Crippen molar-refractivity contribution in [1.82, 2.24) is 20.1 Å². The summed E-state index contributed by atoms with van der Waals surface area (Å²) in [5, 5.41) is 12.8. The van der Waals surface area contributed by atoms with Crippen LogP contribution in [0.1, 0.15) is 27.3 Å². The number of nitrogens with one attached hydrogen (secondary N) is 2. The lowest BCUT2D eigenvalue weighted by molar-refractivity contribution is -0.138. The topological polar surface area (TPSA) is 98.1 Å². The van der Waals surface area contributed by atoms with Crippen LogP contribution in [0, 0.1) is 0 Å². The molecule has 3 aromatic carbocycles. The van der Waals surface area contributed by atoms with Gasteiger partial charge in [0.25, 0.3) is 5.91 Å². The molecule has 1 aromatic heterocycles. The molecule has 42 heavy (non-hydrogen) atoms. The molecule has 15 heteroatoms. The van der Waals surface area contributed by atoms with Crippen molar-refractivity contribution in [2.24, 2.45) is 0 Å². The molecule has 0 spiro atoms. The molecule has 4 rings (SSSR count). The first-order valence-corrected chi connectivity index (χ1v) is 13.0. The Hall–Kier alpha value is -4.53. The van der Waals surface area contributed by atoms with Crippen LogP contribution in [-0.2, 0) is 23.7 Å². The van der Waals surface area contributed by atoms with Gasteiger partial charge in [-0.15, -0.1) is 10.2 Å². The molecular formula is C27H21F6N5O3S. The van der Waals surface area contributed by atoms with E-state index in [2.05, 4.69) is 20.8 Å². The Morgan fingerprint density at radius 2 is 1.48 bits per heavy atom. The number of carbonyl (C=O) groups is 2. The van der Waals surface area contributed by atoms with Crippen molar-refractivity contribution in [2.75, 3.05) is 18.2 Å². The first-order chi connectivity index (χ1) is 19.9. The molecule has 8 nitrogen and oxygen atoms in total. The zero-order valence-electron chi connectivity index (χ0n) is 21.6. The molecule has 0 radical (unpaired) electrons. The van der Waals surface area contributed by atoms with Gasteiger partial charge in [-0.2, -0.15) is 26.3 Å². The number of aromatic nitrogens is 3. The van der Waals surface area contributed by atoms with Crippen molar-refractivity contribution in [3.05, 3.63) is 95.3 Å². The number of anilines is 1. The van der Waals surface area contributed by atoms with E-state index in [-0.39, 0.29) is 23.3 Å². The normalized spacial score (nSPS) is 11.7. The van der Waals surface area contributed by atoms with Crippen LogP contribution in [0.15, 0.2) is 78.0 Å². The van der Waals surface area contributed by atoms with E-state index in [1.807, 2.05) is 0 Å². The molecule has 4 aromatic rings. The number of carbonyl (C=O) groups excluding carboxylic acids is 2. The van der Waals surface area contributed by atoms with E-state index in [1.165, 1.54) is 35.9 Å². The van der Waals surface area contributed by atoms with Crippen LogP contribution in [0.3, 0.4) is 0 Å². The second-order valence-corrected chi connectivity index (χ2v) is 9.45. The Morgan fingerprint density at radius 3 is 2.17 bits per heavy atom. The lowest BCUT2D eigenvalue weighted by Crippen LogP contribution is -2.27. The minimum absolute atomic E-state index is 0.0858. The number of amides is 2. The zero-order chi connectivity index (χ0) is 30.5. The number of benzene rings is 3. The van der Waals surface area contributed by atoms with Gasteiger partial charge in [0.2, 0.25) is 5.91 Å². The van der Waals surface area contributed by atoms with Crippen molar-refractivity contribution in [2.45, 2.75) is 24.1 Å². The molecule has 220 valence electrons. The first kappa shape index (κ1) is 30.4. The van der Waals surface area contributed by atoms with Crippen molar-refractivity contribution in [1.29, 1.82) is 0 Å². The second-order valence-electron chi connectivity index (χ2n) is 8.51. The summed E-state index contributed by atoms with van der Waals surface area (Å²) in [6, 6.07) is 15.4. The molecule has 0 atom stereocenters. The molecule has 0 fully saturated rings. The highest BCUT2D eigenvalue weighted by Gasteiger charge is 2.35. The summed E-state index contributed by atoms with van der Waals surface area (Å²) < 4.78 is 86.9. The van der Waals surface area contributed by atoms with Gasteiger partial charge >= 0.3 is 12.4 Å². The maximum absolute atomic E-state index is 13.4. The summed E-state index contributed by atoms with van der Waals surface area (Å²) >= 11 is 0.838. The molecule has 0 unspecified atom stereocenters. The maximum atomic E-state index is 13.4. The van der Waals surface area contributed by atoms with Gasteiger partial charge in [0.15, 0.2) is 11.0 Å². The van der Waals surface area contributed by atoms with Crippen LogP contribution in [0.4, 0.5) is 32.0 Å². The molecule has 2 amide bonds. The Morgan fingerprint density at radius 1 is 0.857 bits per heavy atom. The van der Waals surface area contributed by atoms with Gasteiger partial charge in [0.05, 0.1) is 47.5 Å². The third-order valence-corrected chi connectivity index (χ3v) is 6.68. The number of alkyl halides is 6. The summed E-state index contributed by atoms with van der Waals surface area (Å²) in [6.45, 7) is -0.359. The predicted octanol–water partition coefficient (Wildman–Crippen LogP) is 5.97. The number of hydrogen-bond donors (Lipinski definition) is 2. The van der Waals surface area contributed by atoms with Crippen molar-refractivity contribution < 1.29 is 40.7 Å². The minimum Gasteiger partial charge on any atom is -0.495 e. The fraction of sp³-hybridized carbons (Fsp3) is 0.185. The van der Waals surface area contributed by atoms with E-state index in [0.29, 0.717) is 11.4 Å². The number of rotatable bonds is 9. The largest absolute Gasteiger partial charge is 0.495 e. The van der Waals surface area contributed by atoms with Crippen LogP contribution in [-0.4, -0.2) is 39.4 Å². The molecule has 1 heterocycles. The molecular weight excluding hydrogens is 588 g/mol. The first-order valence-electron chi connectivity index (χ1n) is 12.0. The highest BCUT2D eigenvalue weighted by Crippen LogP contribution is 2.35. The summed E-state index contributed by atoms with van der Waals surface area (Å²) in [5.41, 5.74) is -2.73. The van der Waals surface area contributed by atoms with Crippen molar-refractivity contribution in [3.8, 4) is 11.4 Å². The van der Waals surface area contributed by atoms with Crippen molar-refractivity contribution in [3.63, 3.8) is 0 Å². The quantitative estimate of drug-likeness (QED) is 0.179. The van der Waals surface area contributed by atoms with E-state index in [0.717, 1.165) is 36.0 Å². The average molecular weight is 610 g/mol. The van der Waals surface area contributed by atoms with Gasteiger partial charge in [-0.05, 0) is 36.4 Å². The smallest absolute Gasteiger partial charge is 0.418 e. The number of ether oxygens (including phenoxy) is 1. The van der Waals surface area contributed by atoms with Crippen LogP contribution < -0.4 is 15.4 Å². The maximum Gasteiger partial charge on any atom is 0.418 e. The third-order valence-electron chi connectivity index (χ3n) is 5.75. The van der Waals surface area contributed by atoms with Gasteiger partial charge in [0, 0.05) is 0 Å². The molecule has 0 aliphatic heterocycles. The van der Waals surface area contributed by atoms with Crippen molar-refractivity contribution >= 4 is 29.3 Å². The SMILES string of the molecule is COc1ccccc1-n1c(CNC(=O)c2ccccc2C(F)(F)F)nnc1SCC(=O)Nc1ccccc1C(F)(F)F.